The van der Waals surface area contributed by atoms with E-state index in [-0.39, 0.29) is 5.12 Å². The molecular weight excluding hydrogens is 240 g/mol. The highest BCUT2D eigenvalue weighted by Gasteiger charge is 2.51. The van der Waals surface area contributed by atoms with Crippen molar-refractivity contribution in [3.8, 4) is 0 Å². The number of ether oxygens (including phenoxy) is 2. The Kier molecular flexibility index (Phi) is 6.58. The van der Waals surface area contributed by atoms with Crippen LogP contribution in [0.25, 0.3) is 0 Å². The van der Waals surface area contributed by atoms with Crippen LogP contribution in [0.2, 0.25) is 0 Å². The topological polar surface area (TPSA) is 55.9 Å². The minimum atomic E-state index is -0.653. The summed E-state index contributed by atoms with van der Waals surface area (Å²) >= 11 is 1.27. The van der Waals surface area contributed by atoms with Crippen molar-refractivity contribution in [3.63, 3.8) is 0 Å². The lowest BCUT2D eigenvalue weighted by Crippen LogP contribution is -2.15. The van der Waals surface area contributed by atoms with E-state index in [9.17, 15) is 9.59 Å². The number of hydrogen-bond donors (Lipinski definition) is 0. The molecule has 0 N–H and O–H groups in total. The summed E-state index contributed by atoms with van der Waals surface area (Å²) in [5.74, 6) is 0.364. The van der Waals surface area contributed by atoms with Crippen molar-refractivity contribution in [2.45, 2.75) is 51.2 Å². The molecule has 0 radical (unpaired) electrons. The summed E-state index contributed by atoms with van der Waals surface area (Å²) in [7, 11) is 1.30. The molecule has 5 heteroatoms. The summed E-state index contributed by atoms with van der Waals surface area (Å²) in [5.41, 5.74) is 0. The van der Waals surface area contributed by atoms with Crippen LogP contribution in [0, 0.1) is 0 Å². The van der Waals surface area contributed by atoms with Crippen LogP contribution in [0.1, 0.15) is 39.0 Å². The summed E-state index contributed by atoms with van der Waals surface area (Å²) in [4.78, 5) is 22.6. The molecule has 0 spiro atoms. The van der Waals surface area contributed by atoms with Gasteiger partial charge in [-0.1, -0.05) is 44.4 Å². The fourth-order valence-electron chi connectivity index (χ4n) is 1.55. The van der Waals surface area contributed by atoms with Gasteiger partial charge < -0.3 is 9.47 Å². The Morgan fingerprint density at radius 3 is 2.53 bits per heavy atom. The fourth-order valence-corrected chi connectivity index (χ4v) is 2.44. The van der Waals surface area contributed by atoms with Crippen LogP contribution in [-0.4, -0.2) is 36.2 Å². The molecule has 1 saturated heterocycles. The molecule has 98 valence electrons. The first-order valence-electron chi connectivity index (χ1n) is 6.10. The molecule has 0 aromatic rings. The molecule has 1 fully saturated rings. The fraction of sp³-hybridized carbons (Fsp3) is 0.833. The number of epoxide rings is 1. The van der Waals surface area contributed by atoms with Crippen LogP contribution in [0.4, 0.5) is 0 Å². The molecule has 0 amide bonds. The van der Waals surface area contributed by atoms with Gasteiger partial charge in [-0.05, 0) is 6.42 Å². The summed E-state index contributed by atoms with van der Waals surface area (Å²) < 4.78 is 9.48. The maximum atomic E-state index is 11.6. The van der Waals surface area contributed by atoms with Crippen LogP contribution < -0.4 is 0 Å². The van der Waals surface area contributed by atoms with Gasteiger partial charge in [0.1, 0.15) is 0 Å². The third kappa shape index (κ3) is 5.08. The lowest BCUT2D eigenvalue weighted by molar-refractivity contribution is -0.142. The Morgan fingerprint density at radius 1 is 1.18 bits per heavy atom. The summed E-state index contributed by atoms with van der Waals surface area (Å²) in [6, 6.07) is 0. The summed E-state index contributed by atoms with van der Waals surface area (Å²) in [5, 5.41) is -0.0455. The molecule has 1 heterocycles. The molecule has 1 rings (SSSR count). The zero-order chi connectivity index (χ0) is 12.7. The molecular formula is C12H20O4S. The van der Waals surface area contributed by atoms with Crippen molar-refractivity contribution >= 4 is 22.8 Å². The first-order chi connectivity index (χ1) is 8.20. The molecule has 2 atom stereocenters. The smallest absolute Gasteiger partial charge is 0.338 e. The van der Waals surface area contributed by atoms with Crippen molar-refractivity contribution < 1.29 is 19.1 Å². The van der Waals surface area contributed by atoms with E-state index >= 15 is 0 Å². The van der Waals surface area contributed by atoms with Gasteiger partial charge in [-0.15, -0.1) is 0 Å². The SMILES string of the molecule is CCCCCCCSC(=O)C1OC1C(=O)OC. The minimum Gasteiger partial charge on any atom is -0.467 e. The van der Waals surface area contributed by atoms with Gasteiger partial charge in [-0.3, -0.25) is 4.79 Å². The van der Waals surface area contributed by atoms with E-state index < -0.39 is 18.2 Å². The first-order valence-corrected chi connectivity index (χ1v) is 7.09. The number of carbonyl (C=O) groups excluding carboxylic acids is 2. The molecule has 0 aromatic heterocycles. The van der Waals surface area contributed by atoms with Gasteiger partial charge in [-0.2, -0.15) is 0 Å². The van der Waals surface area contributed by atoms with Crippen molar-refractivity contribution in [1.82, 2.24) is 0 Å². The maximum Gasteiger partial charge on any atom is 0.338 e. The zero-order valence-electron chi connectivity index (χ0n) is 10.4. The Balaban J connectivity index is 2.01. The summed E-state index contributed by atoms with van der Waals surface area (Å²) in [6.07, 6.45) is 4.71. The Hall–Kier alpha value is -0.550. The van der Waals surface area contributed by atoms with E-state index in [1.807, 2.05) is 0 Å². The van der Waals surface area contributed by atoms with Crippen LogP contribution in [0.5, 0.6) is 0 Å². The quantitative estimate of drug-likeness (QED) is 0.380. The Bertz CT molecular complexity index is 267. The van der Waals surface area contributed by atoms with Crippen LogP contribution >= 0.6 is 11.8 Å². The number of thioether (sulfide) groups is 1. The monoisotopic (exact) mass is 260 g/mol. The second-order valence-electron chi connectivity index (χ2n) is 4.08. The Morgan fingerprint density at radius 2 is 1.88 bits per heavy atom. The van der Waals surface area contributed by atoms with Crippen molar-refractivity contribution in [2.24, 2.45) is 0 Å². The van der Waals surface area contributed by atoms with E-state index in [1.54, 1.807) is 0 Å². The zero-order valence-corrected chi connectivity index (χ0v) is 11.3. The van der Waals surface area contributed by atoms with Gasteiger partial charge in [0.15, 0.2) is 12.2 Å². The number of hydrogen-bond acceptors (Lipinski definition) is 5. The highest BCUT2D eigenvalue weighted by atomic mass is 32.2. The van der Waals surface area contributed by atoms with Crippen molar-refractivity contribution in [1.29, 1.82) is 0 Å². The largest absolute Gasteiger partial charge is 0.467 e. The number of rotatable bonds is 8. The average molecular weight is 260 g/mol. The summed E-state index contributed by atoms with van der Waals surface area (Å²) in [6.45, 7) is 2.18. The minimum absolute atomic E-state index is 0.0455. The van der Waals surface area contributed by atoms with Gasteiger partial charge in [0.2, 0.25) is 5.12 Å². The predicted molar refractivity (Wildman–Crippen MR) is 66.9 cm³/mol. The standard InChI is InChI=1S/C12H20O4S/c1-3-4-5-6-7-8-17-12(14)10-9(16-10)11(13)15-2/h9-10H,3-8H2,1-2H3. The normalized spacial score (nSPS) is 22.2. The van der Waals surface area contributed by atoms with E-state index in [1.165, 1.54) is 44.6 Å². The lowest BCUT2D eigenvalue weighted by Gasteiger charge is -1.99. The van der Waals surface area contributed by atoms with Gasteiger partial charge in [0, 0.05) is 5.75 Å². The average Bonchev–Trinajstić information content (AvgIpc) is 3.12. The van der Waals surface area contributed by atoms with Crippen molar-refractivity contribution in [2.75, 3.05) is 12.9 Å². The second kappa shape index (κ2) is 7.71. The molecule has 0 aromatic carbocycles. The molecule has 0 aliphatic carbocycles. The van der Waals surface area contributed by atoms with Gasteiger partial charge >= 0.3 is 5.97 Å². The molecule has 17 heavy (non-hydrogen) atoms. The maximum absolute atomic E-state index is 11.6. The second-order valence-corrected chi connectivity index (χ2v) is 5.18. The van der Waals surface area contributed by atoms with E-state index in [0.29, 0.717) is 0 Å². The number of esters is 1. The van der Waals surface area contributed by atoms with Gasteiger partial charge in [0.25, 0.3) is 0 Å². The van der Waals surface area contributed by atoms with Crippen LogP contribution in [0.3, 0.4) is 0 Å². The Labute approximate surface area is 106 Å². The molecule has 1 aliphatic rings. The molecule has 2 unspecified atom stereocenters. The van der Waals surface area contributed by atoms with E-state index in [0.717, 1.165) is 12.2 Å². The molecule has 4 nitrogen and oxygen atoms in total. The predicted octanol–water partition coefficient (Wildman–Crippen LogP) is 2.16. The van der Waals surface area contributed by atoms with E-state index in [4.69, 9.17) is 4.74 Å². The van der Waals surface area contributed by atoms with Crippen LogP contribution in [0.15, 0.2) is 0 Å². The number of methoxy groups -OCH3 is 1. The highest BCUT2D eigenvalue weighted by Crippen LogP contribution is 2.28. The number of unbranched alkanes of at least 4 members (excludes halogenated alkanes) is 4. The van der Waals surface area contributed by atoms with Crippen molar-refractivity contribution in [3.05, 3.63) is 0 Å². The third-order valence-electron chi connectivity index (χ3n) is 2.65. The lowest BCUT2D eigenvalue weighted by atomic mass is 10.2. The van der Waals surface area contributed by atoms with Gasteiger partial charge in [-0.25, -0.2) is 4.79 Å². The molecule has 0 bridgehead atoms. The van der Waals surface area contributed by atoms with Crippen LogP contribution in [-0.2, 0) is 19.1 Å². The third-order valence-corrected chi connectivity index (χ3v) is 3.66. The first kappa shape index (κ1) is 14.5. The van der Waals surface area contributed by atoms with Gasteiger partial charge in [0.05, 0.1) is 7.11 Å². The molecule has 0 saturated carbocycles. The molecule has 1 aliphatic heterocycles. The highest BCUT2D eigenvalue weighted by molar-refractivity contribution is 8.13. The van der Waals surface area contributed by atoms with E-state index in [2.05, 4.69) is 11.7 Å². The number of carbonyl (C=O) groups is 2.